The van der Waals surface area contributed by atoms with Gasteiger partial charge in [-0.2, -0.15) is 5.21 Å². The molecule has 1 heterocycles. The molecule has 3 aromatic rings. The molecule has 0 fully saturated rings. The molecule has 0 aliphatic carbocycles. The Morgan fingerprint density at radius 3 is 2.24 bits per heavy atom. The van der Waals surface area contributed by atoms with Crippen molar-refractivity contribution in [2.24, 2.45) is 0 Å². The minimum absolute atomic E-state index is 0.239. The molecular formula is C21H25N5O3. The number of aromatic nitrogens is 4. The summed E-state index contributed by atoms with van der Waals surface area (Å²) in [4.78, 5) is 22.9. The van der Waals surface area contributed by atoms with E-state index in [-0.39, 0.29) is 13.1 Å². The SMILES string of the molecule is CCCC.O=CN(CC(=O)O)Cc1ccc(-c2ccccc2-c2nn[nH]n2)cc1. The highest BCUT2D eigenvalue weighted by Gasteiger charge is 2.11. The first-order valence-electron chi connectivity index (χ1n) is 9.42. The summed E-state index contributed by atoms with van der Waals surface area (Å²) in [5, 5.41) is 22.9. The molecule has 3 rings (SSSR count). The predicted octanol–water partition coefficient (Wildman–Crippen LogP) is 3.38. The summed E-state index contributed by atoms with van der Waals surface area (Å²) < 4.78 is 0. The fourth-order valence-corrected chi connectivity index (χ4v) is 2.53. The van der Waals surface area contributed by atoms with Crippen LogP contribution >= 0.6 is 0 Å². The molecule has 0 saturated heterocycles. The fraction of sp³-hybridized carbons (Fsp3) is 0.286. The Morgan fingerprint density at radius 2 is 1.72 bits per heavy atom. The van der Waals surface area contributed by atoms with Gasteiger partial charge in [0.1, 0.15) is 6.54 Å². The number of nitrogens with zero attached hydrogens (tertiary/aromatic N) is 4. The number of hydrogen-bond donors (Lipinski definition) is 2. The van der Waals surface area contributed by atoms with E-state index in [0.717, 1.165) is 22.3 Å². The molecule has 8 heteroatoms. The van der Waals surface area contributed by atoms with Crippen LogP contribution in [0.25, 0.3) is 22.5 Å². The maximum atomic E-state index is 10.9. The highest BCUT2D eigenvalue weighted by atomic mass is 16.4. The van der Waals surface area contributed by atoms with Gasteiger partial charge in [0.05, 0.1) is 0 Å². The zero-order valence-corrected chi connectivity index (χ0v) is 16.6. The van der Waals surface area contributed by atoms with Crippen molar-refractivity contribution in [3.63, 3.8) is 0 Å². The van der Waals surface area contributed by atoms with Gasteiger partial charge in [-0.3, -0.25) is 9.59 Å². The summed E-state index contributed by atoms with van der Waals surface area (Å²) in [6.07, 6.45) is 3.17. The van der Waals surface area contributed by atoms with Crippen LogP contribution in [0.2, 0.25) is 0 Å². The van der Waals surface area contributed by atoms with Crippen LogP contribution in [0.4, 0.5) is 0 Å². The molecule has 29 heavy (non-hydrogen) atoms. The van der Waals surface area contributed by atoms with Crippen molar-refractivity contribution < 1.29 is 14.7 Å². The molecule has 0 saturated carbocycles. The Labute approximate surface area is 169 Å². The predicted molar refractivity (Wildman–Crippen MR) is 110 cm³/mol. The fourth-order valence-electron chi connectivity index (χ4n) is 2.53. The molecule has 0 unspecified atom stereocenters. The quantitative estimate of drug-likeness (QED) is 0.566. The second-order valence-corrected chi connectivity index (χ2v) is 6.38. The molecule has 1 aromatic heterocycles. The number of hydrogen-bond acceptors (Lipinski definition) is 5. The lowest BCUT2D eigenvalue weighted by molar-refractivity contribution is -0.141. The summed E-state index contributed by atoms with van der Waals surface area (Å²) >= 11 is 0. The lowest BCUT2D eigenvalue weighted by Gasteiger charge is -2.15. The number of H-pyrrole nitrogens is 1. The molecule has 0 bridgehead atoms. The van der Waals surface area contributed by atoms with Gasteiger partial charge in [0, 0.05) is 12.1 Å². The Bertz CT molecular complexity index is 893. The Hall–Kier alpha value is -3.55. The number of amides is 1. The number of carbonyl (C=O) groups is 2. The Kier molecular flexibility index (Phi) is 8.50. The molecular weight excluding hydrogens is 370 g/mol. The van der Waals surface area contributed by atoms with Crippen molar-refractivity contribution >= 4 is 12.4 Å². The normalized spacial score (nSPS) is 10.0. The van der Waals surface area contributed by atoms with Crippen molar-refractivity contribution in [3.05, 3.63) is 54.1 Å². The topological polar surface area (TPSA) is 112 Å². The maximum absolute atomic E-state index is 10.9. The number of carbonyl (C=O) groups excluding carboxylic acids is 1. The van der Waals surface area contributed by atoms with E-state index in [4.69, 9.17) is 5.11 Å². The number of carboxylic acid groups (broad SMARTS) is 1. The van der Waals surface area contributed by atoms with Gasteiger partial charge in [0.25, 0.3) is 0 Å². The van der Waals surface area contributed by atoms with Crippen LogP contribution < -0.4 is 0 Å². The molecule has 8 nitrogen and oxygen atoms in total. The average molecular weight is 395 g/mol. The van der Waals surface area contributed by atoms with Gasteiger partial charge in [-0.25, -0.2) is 0 Å². The first kappa shape index (κ1) is 21.7. The monoisotopic (exact) mass is 395 g/mol. The van der Waals surface area contributed by atoms with E-state index in [1.165, 1.54) is 17.7 Å². The number of tetrazole rings is 1. The molecule has 1 amide bonds. The van der Waals surface area contributed by atoms with E-state index in [0.29, 0.717) is 12.2 Å². The van der Waals surface area contributed by atoms with Gasteiger partial charge in [-0.1, -0.05) is 75.2 Å². The van der Waals surface area contributed by atoms with Gasteiger partial charge in [0.15, 0.2) is 0 Å². The second-order valence-electron chi connectivity index (χ2n) is 6.38. The third kappa shape index (κ3) is 6.53. The zero-order chi connectivity index (χ0) is 21.1. The summed E-state index contributed by atoms with van der Waals surface area (Å²) in [7, 11) is 0. The van der Waals surface area contributed by atoms with Crippen molar-refractivity contribution in [1.82, 2.24) is 25.5 Å². The Morgan fingerprint density at radius 1 is 1.07 bits per heavy atom. The maximum Gasteiger partial charge on any atom is 0.323 e. The molecule has 0 aliphatic heterocycles. The first-order valence-corrected chi connectivity index (χ1v) is 9.42. The molecule has 2 aromatic carbocycles. The molecule has 0 aliphatic rings. The van der Waals surface area contributed by atoms with Crippen molar-refractivity contribution in [2.75, 3.05) is 6.54 Å². The number of benzene rings is 2. The van der Waals surface area contributed by atoms with Crippen LogP contribution in [0.3, 0.4) is 0 Å². The number of unbranched alkanes of at least 4 members (excludes halogenated alkanes) is 1. The molecule has 0 radical (unpaired) electrons. The standard InChI is InChI=1S/C17H15N5O3.C4H10/c23-11-22(10-16(24)25)9-12-5-7-13(8-6-12)14-3-1-2-4-15(14)17-18-20-21-19-17;1-3-4-2/h1-8,11H,9-10H2,(H,24,25)(H,18,19,20,21);3-4H2,1-2H3. The van der Waals surface area contributed by atoms with Crippen molar-refractivity contribution in [3.8, 4) is 22.5 Å². The number of aromatic amines is 1. The summed E-state index contributed by atoms with van der Waals surface area (Å²) in [5.41, 5.74) is 3.60. The van der Waals surface area contributed by atoms with Gasteiger partial charge < -0.3 is 10.0 Å². The minimum Gasteiger partial charge on any atom is -0.480 e. The third-order valence-electron chi connectivity index (χ3n) is 4.15. The van der Waals surface area contributed by atoms with Gasteiger partial charge in [0.2, 0.25) is 12.2 Å². The van der Waals surface area contributed by atoms with E-state index in [9.17, 15) is 9.59 Å². The van der Waals surface area contributed by atoms with Crippen LogP contribution in [0, 0.1) is 0 Å². The van der Waals surface area contributed by atoms with E-state index in [1.54, 1.807) is 0 Å². The van der Waals surface area contributed by atoms with Crippen molar-refractivity contribution in [1.29, 1.82) is 0 Å². The lowest BCUT2D eigenvalue weighted by Crippen LogP contribution is -2.27. The molecule has 0 spiro atoms. The van der Waals surface area contributed by atoms with Crippen LogP contribution in [-0.4, -0.2) is 49.6 Å². The number of nitrogens with one attached hydrogen (secondary N) is 1. The summed E-state index contributed by atoms with van der Waals surface area (Å²) in [5.74, 6) is -0.536. The Balaban J connectivity index is 0.000000687. The molecule has 2 N–H and O–H groups in total. The van der Waals surface area contributed by atoms with Gasteiger partial charge in [-0.05, 0) is 21.9 Å². The van der Waals surface area contributed by atoms with Crippen LogP contribution in [0.1, 0.15) is 32.3 Å². The number of carboxylic acids is 1. The first-order chi connectivity index (χ1) is 14.1. The highest BCUT2D eigenvalue weighted by molar-refractivity contribution is 5.80. The van der Waals surface area contributed by atoms with E-state index < -0.39 is 5.97 Å². The summed E-state index contributed by atoms with van der Waals surface area (Å²) in [6, 6.07) is 15.3. The summed E-state index contributed by atoms with van der Waals surface area (Å²) in [6.45, 7) is 4.27. The van der Waals surface area contributed by atoms with Crippen LogP contribution in [0.5, 0.6) is 0 Å². The molecule has 0 atom stereocenters. The third-order valence-corrected chi connectivity index (χ3v) is 4.15. The van der Waals surface area contributed by atoms with Gasteiger partial charge in [-0.15, -0.1) is 10.2 Å². The average Bonchev–Trinajstić information content (AvgIpc) is 3.28. The van der Waals surface area contributed by atoms with E-state index in [1.807, 2.05) is 48.5 Å². The van der Waals surface area contributed by atoms with E-state index in [2.05, 4.69) is 34.5 Å². The highest BCUT2D eigenvalue weighted by Crippen LogP contribution is 2.29. The smallest absolute Gasteiger partial charge is 0.323 e. The van der Waals surface area contributed by atoms with E-state index >= 15 is 0 Å². The number of aliphatic carboxylic acids is 1. The van der Waals surface area contributed by atoms with Gasteiger partial charge >= 0.3 is 5.97 Å². The largest absolute Gasteiger partial charge is 0.480 e. The lowest BCUT2D eigenvalue weighted by atomic mass is 9.98. The van der Waals surface area contributed by atoms with Crippen LogP contribution in [0.15, 0.2) is 48.5 Å². The van der Waals surface area contributed by atoms with Crippen LogP contribution in [-0.2, 0) is 16.1 Å². The zero-order valence-electron chi connectivity index (χ0n) is 16.6. The van der Waals surface area contributed by atoms with Crippen molar-refractivity contribution in [2.45, 2.75) is 33.2 Å². The second kappa shape index (κ2) is 11.3. The number of rotatable bonds is 8. The minimum atomic E-state index is -1.04. The molecule has 152 valence electrons.